The maximum atomic E-state index is 10.2. The van der Waals surface area contributed by atoms with E-state index in [1.54, 1.807) is 0 Å². The standard InChI is InChI=1S/C20H28N2O2/c1-15-10-11-17(22(15)2)12-21-13-18(23)14-24-20-9-5-7-16-6-3-4-8-19(16)20/h3-4,6,8,10-11,18,20-21,23H,5,7,9,12-14H2,1-2H3. The first kappa shape index (κ1) is 17.2. The number of nitrogens with zero attached hydrogens (tertiary/aromatic N) is 1. The highest BCUT2D eigenvalue weighted by molar-refractivity contribution is 5.31. The van der Waals surface area contributed by atoms with E-state index in [1.807, 2.05) is 0 Å². The van der Waals surface area contributed by atoms with Crippen LogP contribution in [0.15, 0.2) is 36.4 Å². The van der Waals surface area contributed by atoms with Crippen molar-refractivity contribution in [2.24, 2.45) is 7.05 Å². The van der Waals surface area contributed by atoms with Gasteiger partial charge < -0.3 is 19.7 Å². The van der Waals surface area contributed by atoms with Crippen LogP contribution in [0.5, 0.6) is 0 Å². The molecule has 0 radical (unpaired) electrons. The van der Waals surface area contributed by atoms with Gasteiger partial charge >= 0.3 is 0 Å². The second-order valence-corrected chi connectivity index (χ2v) is 6.72. The molecule has 24 heavy (non-hydrogen) atoms. The number of benzene rings is 1. The average molecular weight is 328 g/mol. The molecule has 0 saturated carbocycles. The zero-order valence-corrected chi connectivity index (χ0v) is 14.7. The van der Waals surface area contributed by atoms with Gasteiger partial charge in [0.25, 0.3) is 0 Å². The third-order valence-electron chi connectivity index (χ3n) is 4.97. The first-order chi connectivity index (χ1) is 11.6. The Morgan fingerprint density at radius 1 is 1.29 bits per heavy atom. The van der Waals surface area contributed by atoms with Crippen LogP contribution in [0.25, 0.3) is 0 Å². The minimum absolute atomic E-state index is 0.125. The summed E-state index contributed by atoms with van der Waals surface area (Å²) in [6, 6.07) is 12.7. The Kier molecular flexibility index (Phi) is 5.72. The lowest BCUT2D eigenvalue weighted by Crippen LogP contribution is -2.31. The Bertz CT molecular complexity index is 665. The van der Waals surface area contributed by atoms with Gasteiger partial charge in [0.05, 0.1) is 18.8 Å². The van der Waals surface area contributed by atoms with Crippen LogP contribution in [-0.2, 0) is 24.8 Å². The van der Waals surface area contributed by atoms with Gasteiger partial charge in [-0.3, -0.25) is 0 Å². The fourth-order valence-electron chi connectivity index (χ4n) is 3.38. The summed E-state index contributed by atoms with van der Waals surface area (Å²) in [5.74, 6) is 0. The molecule has 4 heteroatoms. The summed E-state index contributed by atoms with van der Waals surface area (Å²) >= 11 is 0. The Balaban J connectivity index is 1.43. The molecule has 3 rings (SSSR count). The molecule has 1 aliphatic carbocycles. The summed E-state index contributed by atoms with van der Waals surface area (Å²) < 4.78 is 8.17. The van der Waals surface area contributed by atoms with E-state index in [0.29, 0.717) is 13.2 Å². The van der Waals surface area contributed by atoms with E-state index in [9.17, 15) is 5.11 Å². The van der Waals surface area contributed by atoms with Crippen LogP contribution in [0.4, 0.5) is 0 Å². The fraction of sp³-hybridized carbons (Fsp3) is 0.500. The smallest absolute Gasteiger partial charge is 0.0898 e. The molecule has 2 aromatic rings. The predicted octanol–water partition coefficient (Wildman–Crippen LogP) is 2.88. The van der Waals surface area contributed by atoms with Gasteiger partial charge in [0.1, 0.15) is 0 Å². The van der Waals surface area contributed by atoms with Crippen molar-refractivity contribution in [1.82, 2.24) is 9.88 Å². The van der Waals surface area contributed by atoms with Gasteiger partial charge in [0.15, 0.2) is 0 Å². The molecule has 0 aliphatic heterocycles. The third-order valence-corrected chi connectivity index (χ3v) is 4.97. The lowest BCUT2D eigenvalue weighted by molar-refractivity contribution is -0.0168. The molecule has 2 unspecified atom stereocenters. The molecule has 0 amide bonds. The van der Waals surface area contributed by atoms with Crippen molar-refractivity contribution < 1.29 is 9.84 Å². The van der Waals surface area contributed by atoms with Gasteiger partial charge in [0, 0.05) is 31.5 Å². The molecule has 130 valence electrons. The van der Waals surface area contributed by atoms with Gasteiger partial charge in [-0.05, 0) is 49.4 Å². The lowest BCUT2D eigenvalue weighted by Gasteiger charge is -2.26. The highest BCUT2D eigenvalue weighted by Crippen LogP contribution is 2.32. The molecule has 1 aromatic heterocycles. The zero-order chi connectivity index (χ0) is 16.9. The number of aliphatic hydroxyl groups excluding tert-OH is 1. The van der Waals surface area contributed by atoms with Crippen molar-refractivity contribution in [3.05, 3.63) is 58.9 Å². The molecule has 1 heterocycles. The molecule has 2 N–H and O–H groups in total. The lowest BCUT2D eigenvalue weighted by atomic mass is 9.89. The Morgan fingerprint density at radius 3 is 2.92 bits per heavy atom. The van der Waals surface area contributed by atoms with Crippen molar-refractivity contribution >= 4 is 0 Å². The first-order valence-corrected chi connectivity index (χ1v) is 8.84. The molecular weight excluding hydrogens is 300 g/mol. The predicted molar refractivity (Wildman–Crippen MR) is 95.9 cm³/mol. The molecule has 1 aliphatic rings. The van der Waals surface area contributed by atoms with Gasteiger partial charge in [-0.2, -0.15) is 0 Å². The number of aromatic nitrogens is 1. The molecule has 2 atom stereocenters. The number of nitrogens with one attached hydrogen (secondary N) is 1. The normalized spacial score (nSPS) is 18.4. The molecule has 4 nitrogen and oxygen atoms in total. The second-order valence-electron chi connectivity index (χ2n) is 6.72. The van der Waals surface area contributed by atoms with Crippen molar-refractivity contribution in [1.29, 1.82) is 0 Å². The second kappa shape index (κ2) is 7.97. The largest absolute Gasteiger partial charge is 0.389 e. The molecule has 1 aromatic carbocycles. The maximum Gasteiger partial charge on any atom is 0.0898 e. The minimum Gasteiger partial charge on any atom is -0.389 e. The minimum atomic E-state index is -0.486. The number of hydrogen-bond acceptors (Lipinski definition) is 3. The van der Waals surface area contributed by atoms with Crippen LogP contribution in [-0.4, -0.2) is 28.9 Å². The number of aryl methyl sites for hydroxylation is 2. The number of hydrogen-bond donors (Lipinski definition) is 2. The van der Waals surface area contributed by atoms with Crippen molar-refractivity contribution in [2.45, 2.75) is 44.9 Å². The van der Waals surface area contributed by atoms with Gasteiger partial charge in [-0.15, -0.1) is 0 Å². The maximum absolute atomic E-state index is 10.2. The number of fused-ring (bicyclic) bond motifs is 1. The summed E-state index contributed by atoms with van der Waals surface area (Å²) in [7, 11) is 2.06. The van der Waals surface area contributed by atoms with E-state index in [0.717, 1.165) is 25.8 Å². The van der Waals surface area contributed by atoms with Gasteiger partial charge in [-0.1, -0.05) is 24.3 Å². The van der Waals surface area contributed by atoms with Crippen molar-refractivity contribution in [3.8, 4) is 0 Å². The van der Waals surface area contributed by atoms with Crippen LogP contribution in [0.1, 0.15) is 41.5 Å². The Hall–Kier alpha value is -1.62. The molecule has 0 saturated heterocycles. The van der Waals surface area contributed by atoms with Crippen LogP contribution in [0, 0.1) is 6.92 Å². The number of rotatable bonds is 7. The summed E-state index contributed by atoms with van der Waals surface area (Å²) in [5, 5.41) is 13.5. The summed E-state index contributed by atoms with van der Waals surface area (Å²) in [6.07, 6.45) is 2.97. The molecule has 0 bridgehead atoms. The average Bonchev–Trinajstić information content (AvgIpc) is 2.92. The number of aliphatic hydroxyl groups is 1. The number of ether oxygens (including phenoxy) is 1. The van der Waals surface area contributed by atoms with Crippen molar-refractivity contribution in [3.63, 3.8) is 0 Å². The van der Waals surface area contributed by atoms with E-state index >= 15 is 0 Å². The fourth-order valence-corrected chi connectivity index (χ4v) is 3.38. The van der Waals surface area contributed by atoms with E-state index in [1.165, 1.54) is 22.5 Å². The van der Waals surface area contributed by atoms with E-state index < -0.39 is 6.10 Å². The summed E-state index contributed by atoms with van der Waals surface area (Å²) in [4.78, 5) is 0. The van der Waals surface area contributed by atoms with Crippen LogP contribution in [0.2, 0.25) is 0 Å². The van der Waals surface area contributed by atoms with E-state index in [4.69, 9.17) is 4.74 Å². The first-order valence-electron chi connectivity index (χ1n) is 8.84. The van der Waals surface area contributed by atoms with Gasteiger partial charge in [-0.25, -0.2) is 0 Å². The van der Waals surface area contributed by atoms with E-state index in [-0.39, 0.29) is 6.10 Å². The zero-order valence-electron chi connectivity index (χ0n) is 14.7. The summed E-state index contributed by atoms with van der Waals surface area (Å²) in [5.41, 5.74) is 5.15. The Morgan fingerprint density at radius 2 is 2.12 bits per heavy atom. The third kappa shape index (κ3) is 4.07. The molecular formula is C20H28N2O2. The molecule has 0 spiro atoms. The molecule has 0 fully saturated rings. The summed E-state index contributed by atoms with van der Waals surface area (Å²) in [6.45, 7) is 3.76. The Labute approximate surface area is 144 Å². The van der Waals surface area contributed by atoms with Crippen LogP contribution < -0.4 is 5.32 Å². The topological polar surface area (TPSA) is 46.4 Å². The quantitative estimate of drug-likeness (QED) is 0.821. The van der Waals surface area contributed by atoms with E-state index in [2.05, 4.69) is 60.3 Å². The van der Waals surface area contributed by atoms with Crippen LogP contribution >= 0.6 is 0 Å². The highest BCUT2D eigenvalue weighted by atomic mass is 16.5. The van der Waals surface area contributed by atoms with Crippen LogP contribution in [0.3, 0.4) is 0 Å². The SMILES string of the molecule is Cc1ccc(CNCC(O)COC2CCCc3ccccc32)n1C. The highest BCUT2D eigenvalue weighted by Gasteiger charge is 2.21. The van der Waals surface area contributed by atoms with Crippen molar-refractivity contribution in [2.75, 3.05) is 13.2 Å². The monoisotopic (exact) mass is 328 g/mol. The van der Waals surface area contributed by atoms with Gasteiger partial charge in [0.2, 0.25) is 0 Å².